The Bertz CT molecular complexity index is 466. The first-order valence-electron chi connectivity index (χ1n) is 4.54. The second-order valence-electron chi connectivity index (χ2n) is 2.98. The van der Waals surface area contributed by atoms with Crippen LogP contribution in [0.3, 0.4) is 0 Å². The molecule has 0 saturated carbocycles. The van der Waals surface area contributed by atoms with Crippen molar-refractivity contribution >= 4 is 17.3 Å². The van der Waals surface area contributed by atoms with E-state index < -0.39 is 5.97 Å². The monoisotopic (exact) mass is 239 g/mol. The normalized spacial score (nSPS) is 10.5. The Hall–Kier alpha value is -1.73. The molecule has 0 unspecified atom stereocenters. The van der Waals surface area contributed by atoms with Crippen LogP contribution in [0.4, 0.5) is 0 Å². The minimum absolute atomic E-state index is 0.128. The number of hydrogen-bond donors (Lipinski definition) is 2. The number of nitrogens with zero attached hydrogens (tertiary/aromatic N) is 2. The molecule has 6 nitrogen and oxygen atoms in total. The molecular weight excluding hydrogens is 230 g/mol. The van der Waals surface area contributed by atoms with Crippen LogP contribution in [0, 0.1) is 0 Å². The molecule has 16 heavy (non-hydrogen) atoms. The molecule has 2 N–H and O–H groups in total. The maximum atomic E-state index is 10.3. The molecule has 0 atom stereocenters. The van der Waals surface area contributed by atoms with Crippen LogP contribution in [0.25, 0.3) is 10.8 Å². The van der Waals surface area contributed by atoms with Crippen molar-refractivity contribution in [2.45, 2.75) is 6.54 Å². The minimum atomic E-state index is -0.919. The molecule has 0 saturated heterocycles. The molecule has 2 aromatic heterocycles. The lowest BCUT2D eigenvalue weighted by Crippen LogP contribution is -2.21. The Labute approximate surface area is 94.9 Å². The Kier molecular flexibility index (Phi) is 3.28. The van der Waals surface area contributed by atoms with Crippen LogP contribution >= 0.6 is 11.3 Å². The van der Waals surface area contributed by atoms with E-state index in [4.69, 9.17) is 9.52 Å². The number of aliphatic carboxylic acids is 1. The lowest BCUT2D eigenvalue weighted by atomic mass is 10.5. The van der Waals surface area contributed by atoms with Gasteiger partial charge in [-0.3, -0.25) is 10.1 Å². The second kappa shape index (κ2) is 4.86. The number of rotatable bonds is 5. The molecule has 0 aliphatic carbocycles. The van der Waals surface area contributed by atoms with Gasteiger partial charge < -0.3 is 9.52 Å². The van der Waals surface area contributed by atoms with E-state index in [1.54, 1.807) is 0 Å². The van der Waals surface area contributed by atoms with Gasteiger partial charge in [0.1, 0.15) is 0 Å². The van der Waals surface area contributed by atoms with Crippen LogP contribution in [0.2, 0.25) is 0 Å². The highest BCUT2D eigenvalue weighted by Gasteiger charge is 2.08. The van der Waals surface area contributed by atoms with E-state index >= 15 is 0 Å². The first kappa shape index (κ1) is 10.8. The zero-order valence-electron chi connectivity index (χ0n) is 8.21. The largest absolute Gasteiger partial charge is 0.480 e. The van der Waals surface area contributed by atoms with Crippen LogP contribution in [0.5, 0.6) is 0 Å². The fraction of sp³-hybridized carbons (Fsp3) is 0.222. The number of aromatic nitrogens is 2. The van der Waals surface area contributed by atoms with E-state index in [0.717, 1.165) is 4.88 Å². The van der Waals surface area contributed by atoms with Crippen molar-refractivity contribution in [2.75, 3.05) is 6.54 Å². The Balaban J connectivity index is 1.95. The number of carbonyl (C=O) groups is 1. The van der Waals surface area contributed by atoms with Gasteiger partial charge in [0.2, 0.25) is 5.89 Å². The van der Waals surface area contributed by atoms with E-state index in [1.807, 2.05) is 17.5 Å². The maximum Gasteiger partial charge on any atom is 0.317 e. The van der Waals surface area contributed by atoms with Crippen molar-refractivity contribution in [3.05, 3.63) is 23.4 Å². The third kappa shape index (κ3) is 2.65. The molecule has 0 radical (unpaired) electrons. The molecule has 2 heterocycles. The molecule has 0 aliphatic heterocycles. The van der Waals surface area contributed by atoms with Crippen molar-refractivity contribution in [1.82, 2.24) is 15.5 Å². The number of nitrogens with one attached hydrogen (secondary N) is 1. The van der Waals surface area contributed by atoms with Gasteiger partial charge in [-0.15, -0.1) is 21.5 Å². The first-order valence-corrected chi connectivity index (χ1v) is 5.42. The Morgan fingerprint density at radius 2 is 2.44 bits per heavy atom. The highest BCUT2D eigenvalue weighted by molar-refractivity contribution is 7.13. The van der Waals surface area contributed by atoms with Gasteiger partial charge >= 0.3 is 5.97 Å². The quantitative estimate of drug-likeness (QED) is 0.808. The van der Waals surface area contributed by atoms with Gasteiger partial charge in [0.15, 0.2) is 0 Å². The highest BCUT2D eigenvalue weighted by Crippen LogP contribution is 2.22. The van der Waals surface area contributed by atoms with Crippen LogP contribution in [0.15, 0.2) is 21.9 Å². The minimum Gasteiger partial charge on any atom is -0.480 e. The summed E-state index contributed by atoms with van der Waals surface area (Å²) >= 11 is 1.51. The SMILES string of the molecule is O=C(O)CNCc1nnc(-c2cccs2)o1. The predicted molar refractivity (Wildman–Crippen MR) is 57.0 cm³/mol. The molecule has 0 bridgehead atoms. The molecule has 0 aromatic carbocycles. The van der Waals surface area contributed by atoms with E-state index in [2.05, 4.69) is 15.5 Å². The third-order valence-corrected chi connectivity index (χ3v) is 2.61. The Morgan fingerprint density at radius 1 is 1.56 bits per heavy atom. The van der Waals surface area contributed by atoms with E-state index in [1.165, 1.54) is 11.3 Å². The molecule has 0 fully saturated rings. The van der Waals surface area contributed by atoms with Gasteiger partial charge in [-0.2, -0.15) is 0 Å². The molecule has 0 spiro atoms. The fourth-order valence-electron chi connectivity index (χ4n) is 1.10. The van der Waals surface area contributed by atoms with Gasteiger partial charge in [-0.05, 0) is 11.4 Å². The van der Waals surface area contributed by atoms with Crippen molar-refractivity contribution in [3.63, 3.8) is 0 Å². The summed E-state index contributed by atoms with van der Waals surface area (Å²) in [5.41, 5.74) is 0. The number of hydrogen-bond acceptors (Lipinski definition) is 6. The first-order chi connectivity index (χ1) is 7.75. The average Bonchev–Trinajstić information content (AvgIpc) is 2.85. The van der Waals surface area contributed by atoms with Crippen LogP contribution in [-0.4, -0.2) is 27.8 Å². The number of thiophene rings is 1. The summed E-state index contributed by atoms with van der Waals surface area (Å²) in [4.78, 5) is 11.2. The Morgan fingerprint density at radius 3 is 3.12 bits per heavy atom. The summed E-state index contributed by atoms with van der Waals surface area (Å²) in [5, 5.41) is 20.7. The van der Waals surface area contributed by atoms with Crippen molar-refractivity contribution in [2.24, 2.45) is 0 Å². The predicted octanol–water partition coefficient (Wildman–Crippen LogP) is 0.972. The van der Waals surface area contributed by atoms with Crippen LogP contribution in [0.1, 0.15) is 5.89 Å². The smallest absolute Gasteiger partial charge is 0.317 e. The van der Waals surface area contributed by atoms with E-state index in [0.29, 0.717) is 11.8 Å². The lowest BCUT2D eigenvalue weighted by Gasteiger charge is -1.94. The molecule has 7 heteroatoms. The summed E-state index contributed by atoms with van der Waals surface area (Å²) in [5.74, 6) is -0.0789. The van der Waals surface area contributed by atoms with Crippen molar-refractivity contribution < 1.29 is 14.3 Å². The van der Waals surface area contributed by atoms with Crippen molar-refractivity contribution in [1.29, 1.82) is 0 Å². The molecule has 2 aromatic rings. The summed E-state index contributed by atoms with van der Waals surface area (Å²) in [6.45, 7) is 0.126. The number of carboxylic acid groups (broad SMARTS) is 1. The lowest BCUT2D eigenvalue weighted by molar-refractivity contribution is -0.136. The third-order valence-electron chi connectivity index (χ3n) is 1.75. The summed E-state index contributed by atoms with van der Waals surface area (Å²) in [6, 6.07) is 3.78. The van der Waals surface area contributed by atoms with Gasteiger partial charge in [0.25, 0.3) is 5.89 Å². The molecule has 0 amide bonds. The van der Waals surface area contributed by atoms with Crippen LogP contribution in [-0.2, 0) is 11.3 Å². The van der Waals surface area contributed by atoms with Crippen molar-refractivity contribution in [3.8, 4) is 10.8 Å². The summed E-state index contributed by atoms with van der Waals surface area (Å²) < 4.78 is 5.34. The highest BCUT2D eigenvalue weighted by atomic mass is 32.1. The second-order valence-corrected chi connectivity index (χ2v) is 3.92. The topological polar surface area (TPSA) is 88.2 Å². The zero-order valence-corrected chi connectivity index (χ0v) is 9.03. The van der Waals surface area contributed by atoms with Gasteiger partial charge in [-0.1, -0.05) is 6.07 Å². The standard InChI is InChI=1S/C9H9N3O3S/c13-8(14)5-10-4-7-11-12-9(15-7)6-2-1-3-16-6/h1-3,10H,4-5H2,(H,13,14). The van der Waals surface area contributed by atoms with Crippen LogP contribution < -0.4 is 5.32 Å². The van der Waals surface area contributed by atoms with Gasteiger partial charge in [-0.25, -0.2) is 0 Å². The number of carboxylic acids is 1. The maximum absolute atomic E-state index is 10.3. The summed E-state index contributed by atoms with van der Waals surface area (Å²) in [7, 11) is 0. The molecular formula is C9H9N3O3S. The zero-order chi connectivity index (χ0) is 11.4. The molecule has 0 aliphatic rings. The van der Waals surface area contributed by atoms with Gasteiger partial charge in [0.05, 0.1) is 18.0 Å². The molecule has 84 valence electrons. The van der Waals surface area contributed by atoms with E-state index in [9.17, 15) is 4.79 Å². The molecule has 2 rings (SSSR count). The fourth-order valence-corrected chi connectivity index (χ4v) is 1.75. The van der Waals surface area contributed by atoms with Gasteiger partial charge in [0, 0.05) is 0 Å². The average molecular weight is 239 g/mol. The van der Waals surface area contributed by atoms with E-state index in [-0.39, 0.29) is 13.1 Å². The summed E-state index contributed by atoms with van der Waals surface area (Å²) in [6.07, 6.45) is 0.